The Morgan fingerprint density at radius 1 is 1.03 bits per heavy atom. The van der Waals surface area contributed by atoms with Crippen LogP contribution in [0.3, 0.4) is 0 Å². The van der Waals surface area contributed by atoms with E-state index in [1.54, 1.807) is 37.2 Å². The lowest BCUT2D eigenvalue weighted by Gasteiger charge is -2.24. The molecule has 2 heterocycles. The zero-order valence-corrected chi connectivity index (χ0v) is 19.8. The maximum Gasteiger partial charge on any atom is 0.284 e. The molecule has 0 saturated carbocycles. The van der Waals surface area contributed by atoms with Crippen molar-refractivity contribution in [3.8, 4) is 39.9 Å². The number of nitrogens with one attached hydrogen (secondary N) is 1. The van der Waals surface area contributed by atoms with Crippen LogP contribution in [0, 0.1) is 0 Å². The van der Waals surface area contributed by atoms with Gasteiger partial charge >= 0.3 is 0 Å². The molecule has 3 aromatic carbocycles. The first kappa shape index (κ1) is 23.0. The molecular formula is C27H24N4O5. The molecule has 0 fully saturated rings. The number of hydrazone groups is 1. The molecule has 1 N–H and O–H groups in total. The highest BCUT2D eigenvalue weighted by Crippen LogP contribution is 2.33. The van der Waals surface area contributed by atoms with Crippen LogP contribution in [0.5, 0.6) is 23.0 Å². The maximum atomic E-state index is 12.7. The molecule has 0 spiro atoms. The second-order valence-electron chi connectivity index (χ2n) is 7.88. The topological polar surface area (TPSA) is 96.2 Å². The maximum absolute atomic E-state index is 12.7. The van der Waals surface area contributed by atoms with Crippen molar-refractivity contribution in [2.75, 3.05) is 20.8 Å². The molecule has 1 atom stereocenters. The van der Waals surface area contributed by atoms with E-state index in [-0.39, 0.29) is 6.61 Å². The molecule has 0 bridgehead atoms. The summed E-state index contributed by atoms with van der Waals surface area (Å²) in [6.45, 7) is 0.0984. The van der Waals surface area contributed by atoms with Crippen LogP contribution in [-0.4, -0.2) is 48.8 Å². The van der Waals surface area contributed by atoms with E-state index in [1.807, 2.05) is 66.9 Å². The van der Waals surface area contributed by atoms with Gasteiger partial charge in [0.05, 0.1) is 26.1 Å². The molecule has 4 aromatic rings. The van der Waals surface area contributed by atoms with Gasteiger partial charge in [0, 0.05) is 17.3 Å². The Balaban J connectivity index is 1.40. The zero-order valence-electron chi connectivity index (χ0n) is 19.8. The summed E-state index contributed by atoms with van der Waals surface area (Å²) in [6, 6.07) is 22.5. The predicted molar refractivity (Wildman–Crippen MR) is 134 cm³/mol. The third-order valence-electron chi connectivity index (χ3n) is 5.60. The summed E-state index contributed by atoms with van der Waals surface area (Å²) in [4.78, 5) is 12.7. The van der Waals surface area contributed by atoms with E-state index < -0.39 is 12.0 Å². The Labute approximate surface area is 207 Å². The van der Waals surface area contributed by atoms with Crippen molar-refractivity contribution < 1.29 is 23.7 Å². The lowest BCUT2D eigenvalue weighted by Crippen LogP contribution is -2.42. The van der Waals surface area contributed by atoms with Crippen LogP contribution in [0.25, 0.3) is 16.9 Å². The van der Waals surface area contributed by atoms with Gasteiger partial charge in [-0.3, -0.25) is 4.79 Å². The van der Waals surface area contributed by atoms with Gasteiger partial charge in [-0.2, -0.15) is 10.2 Å². The molecule has 1 aromatic heterocycles. The molecule has 1 amide bonds. The Hall–Kier alpha value is -4.79. The van der Waals surface area contributed by atoms with Gasteiger partial charge in [0.15, 0.2) is 23.0 Å². The van der Waals surface area contributed by atoms with E-state index in [4.69, 9.17) is 24.0 Å². The number of methoxy groups -OCH3 is 2. The highest BCUT2D eigenvalue weighted by molar-refractivity contribution is 5.90. The number of hydrogen-bond donors (Lipinski definition) is 1. The van der Waals surface area contributed by atoms with Crippen molar-refractivity contribution in [3.05, 3.63) is 84.6 Å². The summed E-state index contributed by atoms with van der Waals surface area (Å²) in [5.74, 6) is 1.91. The second-order valence-corrected chi connectivity index (χ2v) is 7.88. The Bertz CT molecular complexity index is 1400. The molecule has 0 unspecified atom stereocenters. The first-order chi connectivity index (χ1) is 17.7. The molecule has 9 nitrogen and oxygen atoms in total. The minimum absolute atomic E-state index is 0.0984. The molecule has 5 rings (SSSR count). The van der Waals surface area contributed by atoms with Gasteiger partial charge in [-0.05, 0) is 42.5 Å². The van der Waals surface area contributed by atoms with Crippen molar-refractivity contribution in [2.45, 2.75) is 6.10 Å². The van der Waals surface area contributed by atoms with Crippen LogP contribution >= 0.6 is 0 Å². The van der Waals surface area contributed by atoms with Crippen molar-refractivity contribution in [1.29, 1.82) is 0 Å². The predicted octanol–water partition coefficient (Wildman–Crippen LogP) is 3.85. The number of aromatic nitrogens is 2. The molecule has 0 radical (unpaired) electrons. The second kappa shape index (κ2) is 10.2. The van der Waals surface area contributed by atoms with Crippen molar-refractivity contribution in [2.24, 2.45) is 5.10 Å². The quantitative estimate of drug-likeness (QED) is 0.316. The summed E-state index contributed by atoms with van der Waals surface area (Å²) in [6.07, 6.45) is 2.58. The monoisotopic (exact) mass is 484 g/mol. The van der Waals surface area contributed by atoms with Gasteiger partial charge in [0.2, 0.25) is 6.10 Å². The van der Waals surface area contributed by atoms with Gasteiger partial charge in [0.25, 0.3) is 5.91 Å². The number of ether oxygens (including phenoxy) is 4. The number of para-hydroxylation sites is 3. The van der Waals surface area contributed by atoms with Crippen LogP contribution in [0.1, 0.15) is 5.56 Å². The molecule has 0 saturated heterocycles. The van der Waals surface area contributed by atoms with E-state index in [9.17, 15) is 4.79 Å². The first-order valence-corrected chi connectivity index (χ1v) is 11.2. The van der Waals surface area contributed by atoms with Gasteiger partial charge < -0.3 is 18.9 Å². The first-order valence-electron chi connectivity index (χ1n) is 11.2. The smallest absolute Gasteiger partial charge is 0.284 e. The van der Waals surface area contributed by atoms with Crippen LogP contribution < -0.4 is 24.4 Å². The summed E-state index contributed by atoms with van der Waals surface area (Å²) in [7, 11) is 3.17. The summed E-state index contributed by atoms with van der Waals surface area (Å²) in [5.41, 5.74) is 5.58. The number of nitrogens with zero attached hydrogens (tertiary/aromatic N) is 3. The average Bonchev–Trinajstić information content (AvgIpc) is 3.37. The minimum atomic E-state index is -0.811. The van der Waals surface area contributed by atoms with Crippen molar-refractivity contribution in [3.63, 3.8) is 0 Å². The lowest BCUT2D eigenvalue weighted by molar-refractivity contribution is -0.130. The lowest BCUT2D eigenvalue weighted by atomic mass is 10.1. The van der Waals surface area contributed by atoms with Gasteiger partial charge in [-0.1, -0.05) is 30.3 Å². The highest BCUT2D eigenvalue weighted by Gasteiger charge is 2.27. The number of carbonyl (C=O) groups excluding carboxylic acids is 1. The molecule has 1 aliphatic heterocycles. The number of fused-ring (bicyclic) bond motifs is 1. The molecular weight excluding hydrogens is 460 g/mol. The van der Waals surface area contributed by atoms with E-state index in [0.717, 1.165) is 11.3 Å². The van der Waals surface area contributed by atoms with Crippen LogP contribution in [0.2, 0.25) is 0 Å². The summed E-state index contributed by atoms with van der Waals surface area (Å²) in [5, 5.41) is 8.94. The SMILES string of the molecule is COc1ccc(-c2nn(-c3ccccc3)cc2/C=N\NC(=O)[C@@H]2COc3ccccc3O2)cc1OC. The molecule has 1 aliphatic rings. The third-order valence-corrected chi connectivity index (χ3v) is 5.60. The molecule has 0 aliphatic carbocycles. The molecule has 9 heteroatoms. The average molecular weight is 485 g/mol. The zero-order chi connectivity index (χ0) is 24.9. The van der Waals surface area contributed by atoms with Gasteiger partial charge in [-0.15, -0.1) is 0 Å². The summed E-state index contributed by atoms with van der Waals surface area (Å²) >= 11 is 0. The third kappa shape index (κ3) is 4.72. The molecule has 182 valence electrons. The van der Waals surface area contributed by atoms with Crippen molar-refractivity contribution >= 4 is 12.1 Å². The van der Waals surface area contributed by atoms with E-state index in [1.165, 1.54) is 0 Å². The Morgan fingerprint density at radius 3 is 2.56 bits per heavy atom. The minimum Gasteiger partial charge on any atom is -0.493 e. The normalized spacial score (nSPS) is 14.4. The fourth-order valence-electron chi connectivity index (χ4n) is 3.79. The number of carbonyl (C=O) groups is 1. The van der Waals surface area contributed by atoms with E-state index in [0.29, 0.717) is 34.3 Å². The highest BCUT2D eigenvalue weighted by atomic mass is 16.6. The number of rotatable bonds is 7. The van der Waals surface area contributed by atoms with Gasteiger partial charge in [-0.25, -0.2) is 10.1 Å². The van der Waals surface area contributed by atoms with E-state index in [2.05, 4.69) is 10.5 Å². The summed E-state index contributed by atoms with van der Waals surface area (Å²) < 4.78 is 23.9. The largest absolute Gasteiger partial charge is 0.493 e. The Kier molecular flexibility index (Phi) is 6.53. The fraction of sp³-hybridized carbons (Fsp3) is 0.148. The van der Waals surface area contributed by atoms with Gasteiger partial charge in [0.1, 0.15) is 12.3 Å². The standard InChI is InChI=1S/C27H24N4O5/c1-33-21-13-12-18(14-24(21)34-2)26-19(16-31(30-26)20-8-4-3-5-9-20)15-28-29-27(32)25-17-35-22-10-6-7-11-23(22)36-25/h3-16,25H,17H2,1-2H3,(H,29,32)/b28-15-/t25-/m0/s1. The van der Waals surface area contributed by atoms with E-state index >= 15 is 0 Å². The van der Waals surface area contributed by atoms with Crippen LogP contribution in [0.4, 0.5) is 0 Å². The Morgan fingerprint density at radius 2 is 1.78 bits per heavy atom. The van der Waals surface area contributed by atoms with Crippen LogP contribution in [-0.2, 0) is 4.79 Å². The fourth-order valence-corrected chi connectivity index (χ4v) is 3.79. The molecule has 36 heavy (non-hydrogen) atoms. The van der Waals surface area contributed by atoms with Crippen molar-refractivity contribution in [1.82, 2.24) is 15.2 Å². The number of amides is 1. The number of hydrogen-bond acceptors (Lipinski definition) is 7. The van der Waals surface area contributed by atoms with Crippen LogP contribution in [0.15, 0.2) is 84.1 Å². The number of benzene rings is 3.